The van der Waals surface area contributed by atoms with Gasteiger partial charge < -0.3 is 9.32 Å². The Labute approximate surface area is 400 Å². The fraction of sp³-hybridized carbons (Fsp3) is 0.0448. The van der Waals surface area contributed by atoms with Gasteiger partial charge in [0.25, 0.3) is 0 Å². The van der Waals surface area contributed by atoms with Gasteiger partial charge in [-0.2, -0.15) is 0 Å². The topological polar surface area (TPSA) is 16.4 Å². The van der Waals surface area contributed by atoms with Crippen LogP contribution in [0.3, 0.4) is 0 Å². The Hall–Kier alpha value is -8.72. The first-order valence-electron chi connectivity index (χ1n) is 24.2. The normalized spacial score (nSPS) is 14.4. The molecule has 0 aliphatic heterocycles. The summed E-state index contributed by atoms with van der Waals surface area (Å²) in [7, 11) is 0. The zero-order chi connectivity index (χ0) is 45.2. The van der Waals surface area contributed by atoms with Crippen molar-refractivity contribution in [2.75, 3.05) is 4.90 Å². The highest BCUT2D eigenvalue weighted by molar-refractivity contribution is 6.22. The van der Waals surface area contributed by atoms with Gasteiger partial charge in [0.15, 0.2) is 5.58 Å². The smallest absolute Gasteiger partial charge is 0.159 e. The largest absolute Gasteiger partial charge is 0.454 e. The molecule has 2 spiro atoms. The highest BCUT2D eigenvalue weighted by Crippen LogP contribution is 2.66. The molecule has 11 aromatic carbocycles. The van der Waals surface area contributed by atoms with Crippen molar-refractivity contribution >= 4 is 49.8 Å². The summed E-state index contributed by atoms with van der Waals surface area (Å²) in [5.41, 5.74) is 25.9. The Morgan fingerprint density at radius 3 is 1.36 bits per heavy atom. The van der Waals surface area contributed by atoms with Crippen molar-refractivity contribution in [2.45, 2.75) is 17.8 Å². The van der Waals surface area contributed by atoms with Crippen LogP contribution in [0, 0.1) is 6.92 Å². The van der Waals surface area contributed by atoms with Crippen LogP contribution in [0.15, 0.2) is 235 Å². The number of fused-ring (bicyclic) bond motifs is 25. The van der Waals surface area contributed by atoms with Crippen molar-refractivity contribution in [1.29, 1.82) is 0 Å². The van der Waals surface area contributed by atoms with Crippen molar-refractivity contribution in [2.24, 2.45) is 0 Å². The first-order chi connectivity index (χ1) is 34.2. The number of benzene rings is 11. The van der Waals surface area contributed by atoms with E-state index in [1.54, 1.807) is 0 Å². The van der Waals surface area contributed by atoms with E-state index in [-0.39, 0.29) is 0 Å². The number of hydrogen-bond donors (Lipinski definition) is 0. The minimum atomic E-state index is -0.505. The molecule has 320 valence electrons. The van der Waals surface area contributed by atoms with E-state index in [1.807, 2.05) is 0 Å². The minimum Gasteiger partial charge on any atom is -0.454 e. The van der Waals surface area contributed by atoms with Crippen molar-refractivity contribution < 1.29 is 4.42 Å². The standard InChI is InChI=1S/C67H41NO/c1-40-38-41-18-2-3-19-43(41)62-51-26-16-35-61(65(51)69-64(40)62)68(42-36-37-49-48-24-8-14-31-56(48)67(59(49)39-42)54-29-12-6-22-46(54)47-23-7-13-30-55(47)67)60-34-17-33-58-63(60)50-25-9-15-32-57(50)66(58)52-27-10-4-20-44(52)45-21-5-11-28-53(45)66/h2-39H,1H3. The lowest BCUT2D eigenvalue weighted by Gasteiger charge is -2.33. The zero-order valence-electron chi connectivity index (χ0n) is 37.8. The van der Waals surface area contributed by atoms with Crippen LogP contribution in [-0.4, -0.2) is 0 Å². The molecule has 0 saturated carbocycles. The van der Waals surface area contributed by atoms with Gasteiger partial charge in [-0.3, -0.25) is 0 Å². The maximum absolute atomic E-state index is 7.31. The average Bonchev–Trinajstić information content (AvgIpc) is 4.19. The molecular weight excluding hydrogens is 835 g/mol. The van der Waals surface area contributed by atoms with Crippen LogP contribution in [0.25, 0.3) is 77.2 Å². The summed E-state index contributed by atoms with van der Waals surface area (Å²) < 4.78 is 7.31. The summed E-state index contributed by atoms with van der Waals surface area (Å²) in [5, 5.41) is 4.69. The molecule has 2 heteroatoms. The van der Waals surface area contributed by atoms with Crippen molar-refractivity contribution in [3.8, 4) is 44.5 Å². The van der Waals surface area contributed by atoms with Gasteiger partial charge in [0, 0.05) is 22.0 Å². The van der Waals surface area contributed by atoms with Crippen LogP contribution < -0.4 is 4.90 Å². The van der Waals surface area contributed by atoms with Gasteiger partial charge in [-0.1, -0.05) is 200 Å². The monoisotopic (exact) mass is 875 g/mol. The van der Waals surface area contributed by atoms with Gasteiger partial charge in [0.1, 0.15) is 5.58 Å². The van der Waals surface area contributed by atoms with Crippen LogP contribution in [0.2, 0.25) is 0 Å². The van der Waals surface area contributed by atoms with Gasteiger partial charge in [0.2, 0.25) is 0 Å². The lowest BCUT2D eigenvalue weighted by molar-refractivity contribution is 0.666. The molecule has 0 amide bonds. The van der Waals surface area contributed by atoms with Crippen LogP contribution in [0.4, 0.5) is 17.1 Å². The van der Waals surface area contributed by atoms with Crippen molar-refractivity contribution in [3.05, 3.63) is 281 Å². The molecule has 12 aromatic rings. The summed E-state index contributed by atoms with van der Waals surface area (Å²) in [6.07, 6.45) is 0. The fourth-order valence-electron chi connectivity index (χ4n) is 13.9. The summed E-state index contributed by atoms with van der Waals surface area (Å²) in [6, 6.07) is 86.7. The molecule has 1 aromatic heterocycles. The Balaban J connectivity index is 1.04. The molecule has 0 N–H and O–H groups in total. The number of aryl methyl sites for hydroxylation is 1. The molecule has 0 saturated heterocycles. The molecule has 4 aliphatic rings. The lowest BCUT2D eigenvalue weighted by atomic mass is 9.70. The molecule has 0 unspecified atom stereocenters. The first kappa shape index (κ1) is 37.4. The lowest BCUT2D eigenvalue weighted by Crippen LogP contribution is -2.26. The van der Waals surface area contributed by atoms with Gasteiger partial charge in [0.05, 0.1) is 22.2 Å². The van der Waals surface area contributed by atoms with E-state index in [0.717, 1.165) is 44.6 Å². The molecule has 0 bridgehead atoms. The summed E-state index contributed by atoms with van der Waals surface area (Å²) in [5.74, 6) is 0. The predicted octanol–water partition coefficient (Wildman–Crippen LogP) is 17.2. The van der Waals surface area contributed by atoms with Crippen LogP contribution in [0.5, 0.6) is 0 Å². The molecule has 0 fully saturated rings. The third-order valence-electron chi connectivity index (χ3n) is 16.4. The van der Waals surface area contributed by atoms with E-state index in [2.05, 4.69) is 242 Å². The summed E-state index contributed by atoms with van der Waals surface area (Å²) in [6.45, 7) is 2.18. The predicted molar refractivity (Wildman–Crippen MR) is 283 cm³/mol. The average molecular weight is 876 g/mol. The highest BCUT2D eigenvalue weighted by atomic mass is 16.3. The van der Waals surface area contributed by atoms with Gasteiger partial charge >= 0.3 is 0 Å². The second-order valence-electron chi connectivity index (χ2n) is 19.4. The molecule has 16 rings (SSSR count). The Morgan fingerprint density at radius 2 is 0.768 bits per heavy atom. The SMILES string of the molecule is Cc1cc2ccccc2c2c1oc1c(N(c3ccc4c(c3)C3(c5ccccc5-c5ccccc53)c3ccccc3-4)c3cccc4c3-c3ccccc3C43c4ccccc4-c4ccccc43)cccc12. The van der Waals surface area contributed by atoms with E-state index in [9.17, 15) is 0 Å². The van der Waals surface area contributed by atoms with E-state index in [4.69, 9.17) is 4.42 Å². The number of nitrogens with zero attached hydrogens (tertiary/aromatic N) is 1. The fourth-order valence-corrected chi connectivity index (χ4v) is 13.9. The van der Waals surface area contributed by atoms with Gasteiger partial charge in [-0.15, -0.1) is 0 Å². The molecule has 4 aliphatic carbocycles. The van der Waals surface area contributed by atoms with E-state index >= 15 is 0 Å². The molecular formula is C67H41NO. The Morgan fingerprint density at radius 1 is 0.333 bits per heavy atom. The van der Waals surface area contributed by atoms with Crippen LogP contribution >= 0.6 is 0 Å². The molecule has 0 radical (unpaired) electrons. The molecule has 0 atom stereocenters. The van der Waals surface area contributed by atoms with Crippen molar-refractivity contribution in [3.63, 3.8) is 0 Å². The number of hydrogen-bond acceptors (Lipinski definition) is 2. The highest BCUT2D eigenvalue weighted by Gasteiger charge is 2.54. The third kappa shape index (κ3) is 4.44. The maximum atomic E-state index is 7.31. The molecule has 2 nitrogen and oxygen atoms in total. The quantitative estimate of drug-likeness (QED) is 0.176. The number of para-hydroxylation sites is 1. The second-order valence-corrected chi connectivity index (χ2v) is 19.4. The zero-order valence-corrected chi connectivity index (χ0v) is 37.8. The summed E-state index contributed by atoms with van der Waals surface area (Å²) >= 11 is 0. The van der Waals surface area contributed by atoms with E-state index in [0.29, 0.717) is 0 Å². The van der Waals surface area contributed by atoms with E-state index in [1.165, 1.54) is 99.8 Å². The number of anilines is 3. The summed E-state index contributed by atoms with van der Waals surface area (Å²) in [4.78, 5) is 2.54. The van der Waals surface area contributed by atoms with E-state index < -0.39 is 10.8 Å². The first-order valence-corrected chi connectivity index (χ1v) is 24.2. The van der Waals surface area contributed by atoms with Gasteiger partial charge in [-0.25, -0.2) is 0 Å². The van der Waals surface area contributed by atoms with Gasteiger partial charge in [-0.05, 0) is 137 Å². The Kier molecular flexibility index (Phi) is 7.18. The molecule has 1 heterocycles. The van der Waals surface area contributed by atoms with Crippen LogP contribution in [-0.2, 0) is 10.8 Å². The third-order valence-corrected chi connectivity index (χ3v) is 16.4. The number of rotatable bonds is 3. The molecule has 69 heavy (non-hydrogen) atoms. The Bertz CT molecular complexity index is 4130. The van der Waals surface area contributed by atoms with Crippen LogP contribution in [0.1, 0.15) is 50.1 Å². The number of furan rings is 1. The minimum absolute atomic E-state index is 0.497. The maximum Gasteiger partial charge on any atom is 0.159 e. The second kappa shape index (κ2) is 13.2. The van der Waals surface area contributed by atoms with Crippen molar-refractivity contribution in [1.82, 2.24) is 0 Å².